The van der Waals surface area contributed by atoms with Crippen LogP contribution in [0.4, 0.5) is 0 Å². The molecule has 1 fully saturated rings. The molecular formula is C10H12N4OS. The molecule has 0 bridgehead atoms. The Bertz CT molecular complexity index is 430. The zero-order valence-electron chi connectivity index (χ0n) is 8.80. The Labute approximate surface area is 97.3 Å². The van der Waals surface area contributed by atoms with Gasteiger partial charge >= 0.3 is 0 Å². The molecule has 6 heteroatoms. The van der Waals surface area contributed by atoms with Crippen molar-refractivity contribution in [1.82, 2.24) is 4.90 Å². The third-order valence-electron chi connectivity index (χ3n) is 2.56. The maximum Gasteiger partial charge on any atom is 0.263 e. The van der Waals surface area contributed by atoms with Gasteiger partial charge in [-0.1, -0.05) is 5.11 Å². The molecule has 1 aromatic rings. The van der Waals surface area contributed by atoms with E-state index in [4.69, 9.17) is 5.53 Å². The highest BCUT2D eigenvalue weighted by Crippen LogP contribution is 2.21. The second-order valence-electron chi connectivity index (χ2n) is 3.65. The molecule has 2 heterocycles. The minimum atomic E-state index is 0.106. The molecule has 0 saturated carbocycles. The van der Waals surface area contributed by atoms with Crippen molar-refractivity contribution in [1.29, 1.82) is 0 Å². The summed E-state index contributed by atoms with van der Waals surface area (Å²) in [6.07, 6.45) is 2.20. The van der Waals surface area contributed by atoms with Gasteiger partial charge < -0.3 is 4.90 Å². The van der Waals surface area contributed by atoms with Gasteiger partial charge in [0, 0.05) is 22.9 Å². The SMILES string of the molecule is [N-]=[N+]=NCc1ccc(C(=O)N2CCCC2)s1. The molecule has 1 aromatic heterocycles. The van der Waals surface area contributed by atoms with Gasteiger partial charge in [0.05, 0.1) is 11.4 Å². The van der Waals surface area contributed by atoms with E-state index in [2.05, 4.69) is 10.0 Å². The van der Waals surface area contributed by atoms with Crippen LogP contribution in [0.15, 0.2) is 17.2 Å². The van der Waals surface area contributed by atoms with Gasteiger partial charge in [0.15, 0.2) is 0 Å². The number of carbonyl (C=O) groups is 1. The van der Waals surface area contributed by atoms with E-state index >= 15 is 0 Å². The predicted octanol–water partition coefficient (Wildman–Crippen LogP) is 2.79. The lowest BCUT2D eigenvalue weighted by molar-refractivity contribution is 0.0797. The van der Waals surface area contributed by atoms with Crippen LogP contribution >= 0.6 is 11.3 Å². The lowest BCUT2D eigenvalue weighted by atomic mass is 10.4. The minimum Gasteiger partial charge on any atom is -0.338 e. The average molecular weight is 236 g/mol. The Kier molecular flexibility index (Phi) is 3.44. The summed E-state index contributed by atoms with van der Waals surface area (Å²) in [6, 6.07) is 3.66. The van der Waals surface area contributed by atoms with Gasteiger partial charge in [-0.3, -0.25) is 4.79 Å². The van der Waals surface area contributed by atoms with E-state index in [0.717, 1.165) is 35.7 Å². The monoisotopic (exact) mass is 236 g/mol. The highest BCUT2D eigenvalue weighted by Gasteiger charge is 2.20. The summed E-state index contributed by atoms with van der Waals surface area (Å²) in [4.78, 5) is 18.2. The Balaban J connectivity index is 2.05. The number of rotatable bonds is 3. The molecule has 1 aliphatic heterocycles. The fourth-order valence-electron chi connectivity index (χ4n) is 1.76. The summed E-state index contributed by atoms with van der Waals surface area (Å²) in [7, 11) is 0. The average Bonchev–Trinajstić information content (AvgIpc) is 2.96. The number of azide groups is 1. The zero-order valence-corrected chi connectivity index (χ0v) is 9.61. The normalized spacial score (nSPS) is 14.9. The molecule has 1 amide bonds. The number of likely N-dealkylation sites (tertiary alicyclic amines) is 1. The second-order valence-corrected chi connectivity index (χ2v) is 4.82. The third-order valence-corrected chi connectivity index (χ3v) is 3.61. The standard InChI is InChI=1S/C10H12N4OS/c11-13-12-7-8-3-4-9(16-8)10(15)14-5-1-2-6-14/h3-4H,1-2,5-7H2. The summed E-state index contributed by atoms with van der Waals surface area (Å²) < 4.78 is 0. The van der Waals surface area contributed by atoms with Crippen molar-refractivity contribution in [3.8, 4) is 0 Å². The van der Waals surface area contributed by atoms with Gasteiger partial charge in [-0.2, -0.15) is 0 Å². The molecule has 16 heavy (non-hydrogen) atoms. The van der Waals surface area contributed by atoms with E-state index in [0.29, 0.717) is 6.54 Å². The molecule has 1 aliphatic rings. The molecule has 0 unspecified atom stereocenters. The molecule has 1 saturated heterocycles. The number of hydrogen-bond acceptors (Lipinski definition) is 3. The first-order valence-corrected chi connectivity index (χ1v) is 6.02. The quantitative estimate of drug-likeness (QED) is 0.452. The van der Waals surface area contributed by atoms with Crippen molar-refractivity contribution in [3.05, 3.63) is 32.3 Å². The van der Waals surface area contributed by atoms with E-state index in [1.807, 2.05) is 17.0 Å². The molecule has 2 rings (SSSR count). The number of carbonyl (C=O) groups excluding carboxylic acids is 1. The number of hydrogen-bond donors (Lipinski definition) is 0. The van der Waals surface area contributed by atoms with Crippen LogP contribution in [0.5, 0.6) is 0 Å². The maximum atomic E-state index is 12.0. The van der Waals surface area contributed by atoms with E-state index in [9.17, 15) is 4.79 Å². The smallest absolute Gasteiger partial charge is 0.263 e. The highest BCUT2D eigenvalue weighted by atomic mass is 32.1. The van der Waals surface area contributed by atoms with Crippen LogP contribution in [0.25, 0.3) is 10.4 Å². The van der Waals surface area contributed by atoms with Crippen LogP contribution in [0.3, 0.4) is 0 Å². The van der Waals surface area contributed by atoms with Gasteiger partial charge in [-0.25, -0.2) is 0 Å². The Morgan fingerprint density at radius 3 is 2.94 bits per heavy atom. The van der Waals surface area contributed by atoms with E-state index in [-0.39, 0.29) is 5.91 Å². The predicted molar refractivity (Wildman–Crippen MR) is 62.3 cm³/mol. The summed E-state index contributed by atoms with van der Waals surface area (Å²) in [5, 5.41) is 3.48. The fourth-order valence-corrected chi connectivity index (χ4v) is 2.65. The van der Waals surface area contributed by atoms with Crippen LogP contribution < -0.4 is 0 Å². The van der Waals surface area contributed by atoms with Crippen molar-refractivity contribution in [2.75, 3.05) is 13.1 Å². The minimum absolute atomic E-state index is 0.106. The van der Waals surface area contributed by atoms with Gasteiger partial charge in [-0.15, -0.1) is 11.3 Å². The molecule has 84 valence electrons. The molecule has 0 atom stereocenters. The first kappa shape index (κ1) is 11.0. The van der Waals surface area contributed by atoms with E-state index < -0.39 is 0 Å². The van der Waals surface area contributed by atoms with E-state index in [1.54, 1.807) is 0 Å². The third kappa shape index (κ3) is 2.35. The van der Waals surface area contributed by atoms with Gasteiger partial charge in [-0.05, 0) is 30.5 Å². The maximum absolute atomic E-state index is 12.0. The van der Waals surface area contributed by atoms with Crippen molar-refractivity contribution in [2.45, 2.75) is 19.4 Å². The lowest BCUT2D eigenvalue weighted by Gasteiger charge is -2.13. The first-order chi connectivity index (χ1) is 7.81. The first-order valence-electron chi connectivity index (χ1n) is 5.20. The van der Waals surface area contributed by atoms with Crippen molar-refractivity contribution >= 4 is 17.2 Å². The van der Waals surface area contributed by atoms with Crippen molar-refractivity contribution in [3.63, 3.8) is 0 Å². The Hall–Kier alpha value is -1.52. The highest BCUT2D eigenvalue weighted by molar-refractivity contribution is 7.14. The lowest BCUT2D eigenvalue weighted by Crippen LogP contribution is -2.26. The molecule has 0 radical (unpaired) electrons. The zero-order chi connectivity index (χ0) is 11.4. The second kappa shape index (κ2) is 5.01. The molecule has 0 aromatic carbocycles. The van der Waals surface area contributed by atoms with Crippen LogP contribution in [-0.4, -0.2) is 23.9 Å². The van der Waals surface area contributed by atoms with Crippen LogP contribution in [-0.2, 0) is 6.54 Å². The van der Waals surface area contributed by atoms with Gasteiger partial charge in [0.2, 0.25) is 0 Å². The molecule has 0 aliphatic carbocycles. The largest absolute Gasteiger partial charge is 0.338 e. The molecule has 0 N–H and O–H groups in total. The number of thiophene rings is 1. The topological polar surface area (TPSA) is 69.1 Å². The number of nitrogens with zero attached hydrogens (tertiary/aromatic N) is 4. The molecule has 5 nitrogen and oxygen atoms in total. The van der Waals surface area contributed by atoms with Gasteiger partial charge in [0.25, 0.3) is 5.91 Å². The van der Waals surface area contributed by atoms with E-state index in [1.165, 1.54) is 11.3 Å². The summed E-state index contributed by atoms with van der Waals surface area (Å²) in [5.74, 6) is 0.106. The summed E-state index contributed by atoms with van der Waals surface area (Å²) in [5.41, 5.74) is 8.20. The van der Waals surface area contributed by atoms with Gasteiger partial charge in [0.1, 0.15) is 0 Å². The summed E-state index contributed by atoms with van der Waals surface area (Å²) >= 11 is 1.41. The Morgan fingerprint density at radius 1 is 1.50 bits per heavy atom. The van der Waals surface area contributed by atoms with Crippen LogP contribution in [0, 0.1) is 0 Å². The number of amides is 1. The summed E-state index contributed by atoms with van der Waals surface area (Å²) in [6.45, 7) is 2.05. The molecular weight excluding hydrogens is 224 g/mol. The fraction of sp³-hybridized carbons (Fsp3) is 0.500. The van der Waals surface area contributed by atoms with Crippen LogP contribution in [0.2, 0.25) is 0 Å². The van der Waals surface area contributed by atoms with Crippen LogP contribution in [0.1, 0.15) is 27.4 Å². The molecule has 0 spiro atoms. The van der Waals surface area contributed by atoms with Crippen molar-refractivity contribution < 1.29 is 4.79 Å². The Morgan fingerprint density at radius 2 is 2.25 bits per heavy atom. The van der Waals surface area contributed by atoms with Crippen molar-refractivity contribution in [2.24, 2.45) is 5.11 Å².